The summed E-state index contributed by atoms with van der Waals surface area (Å²) in [6.45, 7) is -0.0800. The summed E-state index contributed by atoms with van der Waals surface area (Å²) in [4.78, 5) is 24.5. The number of carbonyl (C=O) groups is 1. The number of fused-ring (bicyclic) bond motifs is 1. The summed E-state index contributed by atoms with van der Waals surface area (Å²) >= 11 is 6.06. The molecule has 0 spiro atoms. The van der Waals surface area contributed by atoms with E-state index in [9.17, 15) is 9.59 Å². The normalized spacial score (nSPS) is 10.9. The van der Waals surface area contributed by atoms with E-state index in [4.69, 9.17) is 35.0 Å². The van der Waals surface area contributed by atoms with Crippen LogP contribution in [0.15, 0.2) is 51.7 Å². The predicted molar refractivity (Wildman–Crippen MR) is 119 cm³/mol. The van der Waals surface area contributed by atoms with Crippen molar-refractivity contribution >= 4 is 28.5 Å². The largest absolute Gasteiger partial charge is 0.493 e. The fourth-order valence-corrected chi connectivity index (χ4v) is 3.20. The lowest BCUT2D eigenvalue weighted by molar-refractivity contribution is -0.134. The van der Waals surface area contributed by atoms with Crippen LogP contribution in [0.2, 0.25) is 5.02 Å². The molecule has 1 aromatic heterocycles. The molecule has 8 nitrogen and oxygen atoms in total. The summed E-state index contributed by atoms with van der Waals surface area (Å²) in [7, 11) is 5.71. The summed E-state index contributed by atoms with van der Waals surface area (Å²) in [5, 5.41) is 0.627. The minimum absolute atomic E-state index is 0.0662. The Morgan fingerprint density at radius 2 is 1.69 bits per heavy atom. The van der Waals surface area contributed by atoms with Gasteiger partial charge in [-0.05, 0) is 36.4 Å². The van der Waals surface area contributed by atoms with Gasteiger partial charge < -0.3 is 28.1 Å². The van der Waals surface area contributed by atoms with Crippen LogP contribution < -0.4 is 24.4 Å². The summed E-state index contributed by atoms with van der Waals surface area (Å²) in [6, 6.07) is 7.99. The third-order valence-electron chi connectivity index (χ3n) is 4.52. The molecular formula is C23H21ClO8. The minimum atomic E-state index is -0.546. The Balaban J connectivity index is 2.21. The summed E-state index contributed by atoms with van der Waals surface area (Å²) in [5.74, 6) is 0.668. The Labute approximate surface area is 188 Å². The Morgan fingerprint density at radius 1 is 1.00 bits per heavy atom. The molecule has 0 aliphatic rings. The molecule has 2 aromatic carbocycles. The summed E-state index contributed by atoms with van der Waals surface area (Å²) in [5.41, 5.74) is 0.352. The molecule has 0 aliphatic heterocycles. The first-order valence-electron chi connectivity index (χ1n) is 9.37. The van der Waals surface area contributed by atoms with Crippen molar-refractivity contribution < 1.29 is 32.9 Å². The van der Waals surface area contributed by atoms with Gasteiger partial charge in [0.15, 0.2) is 17.3 Å². The second-order valence-corrected chi connectivity index (χ2v) is 6.82. The zero-order chi connectivity index (χ0) is 23.3. The first-order chi connectivity index (χ1) is 15.4. The van der Waals surface area contributed by atoms with E-state index in [-0.39, 0.29) is 23.5 Å². The lowest BCUT2D eigenvalue weighted by Gasteiger charge is -2.15. The van der Waals surface area contributed by atoms with Gasteiger partial charge in [-0.15, -0.1) is 0 Å². The van der Waals surface area contributed by atoms with Crippen LogP contribution in [-0.2, 0) is 9.53 Å². The maximum absolute atomic E-state index is 13.2. The first-order valence-corrected chi connectivity index (χ1v) is 9.75. The lowest BCUT2D eigenvalue weighted by atomic mass is 10.1. The molecule has 3 rings (SSSR count). The Bertz CT molecular complexity index is 1200. The average molecular weight is 461 g/mol. The van der Waals surface area contributed by atoms with Gasteiger partial charge in [-0.25, -0.2) is 4.79 Å². The summed E-state index contributed by atoms with van der Waals surface area (Å²) in [6.07, 6.45) is 2.62. The maximum atomic E-state index is 13.2. The molecule has 0 fully saturated rings. The second kappa shape index (κ2) is 10.1. The van der Waals surface area contributed by atoms with Gasteiger partial charge >= 0.3 is 5.97 Å². The topological polar surface area (TPSA) is 93.4 Å². The van der Waals surface area contributed by atoms with Crippen LogP contribution >= 0.6 is 11.6 Å². The van der Waals surface area contributed by atoms with E-state index in [0.717, 1.165) is 0 Å². The molecule has 168 valence electrons. The van der Waals surface area contributed by atoms with E-state index in [0.29, 0.717) is 33.4 Å². The van der Waals surface area contributed by atoms with Crippen molar-refractivity contribution in [2.45, 2.75) is 0 Å². The van der Waals surface area contributed by atoms with Gasteiger partial charge in [-0.2, -0.15) is 0 Å². The van der Waals surface area contributed by atoms with Crippen LogP contribution in [0.4, 0.5) is 0 Å². The van der Waals surface area contributed by atoms with E-state index < -0.39 is 11.4 Å². The smallest absolute Gasteiger partial charge is 0.330 e. The fraction of sp³-hybridized carbons (Fsp3) is 0.217. The predicted octanol–water partition coefficient (Wildman–Crippen LogP) is 4.25. The van der Waals surface area contributed by atoms with Crippen molar-refractivity contribution in [3.05, 3.63) is 57.7 Å². The van der Waals surface area contributed by atoms with Gasteiger partial charge in [0.2, 0.25) is 16.9 Å². The molecule has 0 atom stereocenters. The monoisotopic (exact) mass is 460 g/mol. The van der Waals surface area contributed by atoms with Gasteiger partial charge in [-0.3, -0.25) is 4.79 Å². The molecule has 1 heterocycles. The molecule has 0 bridgehead atoms. The molecule has 9 heteroatoms. The van der Waals surface area contributed by atoms with Crippen LogP contribution in [-0.4, -0.2) is 41.0 Å². The number of carbonyl (C=O) groups excluding carboxylic acids is 1. The van der Waals surface area contributed by atoms with Crippen LogP contribution in [0.1, 0.15) is 0 Å². The van der Waals surface area contributed by atoms with Crippen molar-refractivity contribution in [3.63, 3.8) is 0 Å². The van der Waals surface area contributed by atoms with E-state index in [1.807, 2.05) is 0 Å². The third kappa shape index (κ3) is 4.65. The molecule has 0 radical (unpaired) electrons. The molecule has 0 amide bonds. The SMILES string of the molecule is COC(=O)/C=C/COc1c(-c2cc(OC)c(OC)c(OC)c2)oc2ccc(Cl)cc2c1=O. The number of hydrogen-bond donors (Lipinski definition) is 0. The highest BCUT2D eigenvalue weighted by Crippen LogP contribution is 2.43. The molecule has 32 heavy (non-hydrogen) atoms. The quantitative estimate of drug-likeness (QED) is 0.364. The highest BCUT2D eigenvalue weighted by atomic mass is 35.5. The molecular weight excluding hydrogens is 440 g/mol. The van der Waals surface area contributed by atoms with Gasteiger partial charge in [0.05, 0.1) is 33.8 Å². The van der Waals surface area contributed by atoms with Crippen molar-refractivity contribution in [2.75, 3.05) is 35.0 Å². The highest BCUT2D eigenvalue weighted by molar-refractivity contribution is 6.31. The van der Waals surface area contributed by atoms with Crippen LogP contribution in [0, 0.1) is 0 Å². The molecule has 0 unspecified atom stereocenters. The Hall–Kier alpha value is -3.65. The molecule has 3 aromatic rings. The van der Waals surface area contributed by atoms with Gasteiger partial charge in [-0.1, -0.05) is 11.6 Å². The number of rotatable bonds is 8. The standard InChI is InChI=1S/C23H21ClO8/c1-27-17-10-13(11-18(28-2)22(17)30-4)21-23(31-9-5-6-19(25)29-3)20(26)15-12-14(24)7-8-16(15)32-21/h5-8,10-12H,9H2,1-4H3/b6-5+. The maximum Gasteiger partial charge on any atom is 0.330 e. The average Bonchev–Trinajstić information content (AvgIpc) is 2.81. The second-order valence-electron chi connectivity index (χ2n) is 6.38. The highest BCUT2D eigenvalue weighted by Gasteiger charge is 2.22. The van der Waals surface area contributed by atoms with E-state index in [1.165, 1.54) is 46.7 Å². The fourth-order valence-electron chi connectivity index (χ4n) is 3.03. The molecule has 0 saturated carbocycles. The first kappa shape index (κ1) is 23.0. The Kier molecular flexibility index (Phi) is 7.27. The van der Waals surface area contributed by atoms with Crippen molar-refractivity contribution in [1.29, 1.82) is 0 Å². The van der Waals surface area contributed by atoms with E-state index >= 15 is 0 Å². The third-order valence-corrected chi connectivity index (χ3v) is 4.75. The van der Waals surface area contributed by atoms with Crippen LogP contribution in [0.25, 0.3) is 22.3 Å². The van der Waals surface area contributed by atoms with E-state index in [2.05, 4.69) is 4.74 Å². The van der Waals surface area contributed by atoms with Crippen molar-refractivity contribution in [1.82, 2.24) is 0 Å². The molecule has 0 N–H and O–H groups in total. The zero-order valence-corrected chi connectivity index (χ0v) is 18.6. The number of ether oxygens (including phenoxy) is 5. The number of hydrogen-bond acceptors (Lipinski definition) is 8. The Morgan fingerprint density at radius 3 is 2.28 bits per heavy atom. The van der Waals surface area contributed by atoms with Crippen molar-refractivity contribution in [3.8, 4) is 34.3 Å². The van der Waals surface area contributed by atoms with E-state index in [1.54, 1.807) is 24.3 Å². The van der Waals surface area contributed by atoms with Gasteiger partial charge in [0.1, 0.15) is 12.2 Å². The van der Waals surface area contributed by atoms with Crippen molar-refractivity contribution in [2.24, 2.45) is 0 Å². The lowest BCUT2D eigenvalue weighted by Crippen LogP contribution is -2.11. The van der Waals surface area contributed by atoms with Gasteiger partial charge in [0.25, 0.3) is 0 Å². The molecule has 0 aliphatic carbocycles. The van der Waals surface area contributed by atoms with Gasteiger partial charge in [0, 0.05) is 16.7 Å². The number of benzene rings is 2. The number of halogens is 1. The zero-order valence-electron chi connectivity index (χ0n) is 17.9. The van der Waals surface area contributed by atoms with Crippen LogP contribution in [0.5, 0.6) is 23.0 Å². The van der Waals surface area contributed by atoms with Crippen LogP contribution in [0.3, 0.4) is 0 Å². The number of methoxy groups -OCH3 is 4. The summed E-state index contributed by atoms with van der Waals surface area (Å²) < 4.78 is 32.5. The molecule has 0 saturated heterocycles. The minimum Gasteiger partial charge on any atom is -0.493 e. The number of esters is 1.